The summed E-state index contributed by atoms with van der Waals surface area (Å²) in [7, 11) is 2.99. The maximum Gasteiger partial charge on any atom is 0.335 e. The lowest BCUT2D eigenvalue weighted by molar-refractivity contribution is -0.119. The molecule has 1 saturated heterocycles. The average Bonchev–Trinajstić information content (AvgIpc) is 3.58. The van der Waals surface area contributed by atoms with E-state index in [0.29, 0.717) is 16.5 Å². The predicted molar refractivity (Wildman–Crippen MR) is 154 cm³/mol. The first-order valence-corrected chi connectivity index (χ1v) is 12.8. The normalized spacial score (nSPS) is 16.4. The van der Waals surface area contributed by atoms with Crippen LogP contribution in [0.2, 0.25) is 0 Å². The Morgan fingerprint density at radius 1 is 1.05 bits per heavy atom. The summed E-state index contributed by atoms with van der Waals surface area (Å²) >= 11 is 5.86. The number of nitrogens with one attached hydrogen (secondary N) is 2. The van der Waals surface area contributed by atoms with Gasteiger partial charge in [-0.25, -0.2) is 4.79 Å². The van der Waals surface area contributed by atoms with Crippen LogP contribution in [0.4, 0.5) is 11.4 Å². The molecule has 1 aliphatic rings. The highest BCUT2D eigenvalue weighted by atomic mass is 32.1. The molecule has 0 saturated carbocycles. The van der Waals surface area contributed by atoms with Crippen LogP contribution in [0.25, 0.3) is 5.69 Å². The maximum absolute atomic E-state index is 12.3. The van der Waals surface area contributed by atoms with E-state index in [1.54, 1.807) is 36.5 Å². The number of carbonyl (C=O) groups excluding carboxylic acids is 1. The number of aromatic carboxylic acids is 1. The second-order valence-electron chi connectivity index (χ2n) is 9.02. The summed E-state index contributed by atoms with van der Waals surface area (Å²) in [5, 5.41) is 16.1. The van der Waals surface area contributed by atoms with Crippen molar-refractivity contribution in [2.75, 3.05) is 31.0 Å². The van der Waals surface area contributed by atoms with Crippen molar-refractivity contribution in [3.05, 3.63) is 102 Å². The molecule has 1 aliphatic heterocycles. The molecular formula is C29H27N5O5S. The van der Waals surface area contributed by atoms with Gasteiger partial charge in [-0.05, 0) is 78.9 Å². The number of thiocarbonyl (C=S) groups is 1. The number of hydrogen-bond acceptors (Lipinski definition) is 6. The van der Waals surface area contributed by atoms with Gasteiger partial charge in [0.2, 0.25) is 5.91 Å². The van der Waals surface area contributed by atoms with Crippen molar-refractivity contribution in [2.24, 2.45) is 0 Å². The summed E-state index contributed by atoms with van der Waals surface area (Å²) in [5.41, 5.74) is 3.90. The van der Waals surface area contributed by atoms with Gasteiger partial charge in [-0.15, -0.1) is 0 Å². The molecule has 0 aliphatic carbocycles. The number of carboxylic acid groups (broad SMARTS) is 1. The fourth-order valence-electron chi connectivity index (χ4n) is 4.83. The lowest BCUT2D eigenvalue weighted by Gasteiger charge is -2.29. The van der Waals surface area contributed by atoms with E-state index in [4.69, 9.17) is 21.7 Å². The highest BCUT2D eigenvalue weighted by Gasteiger charge is 2.42. The van der Waals surface area contributed by atoms with E-state index in [1.807, 2.05) is 58.1 Å². The number of rotatable bonds is 9. The number of ether oxygens (including phenoxy) is 2. The Labute approximate surface area is 236 Å². The SMILES string of the molecule is COCC(=O)Nc1cc(N2C(=S)N[C@H](c3ccccn3)[C@@H]2c2cccn2-c2ccc(C(=O)O)cc2)ccc1OC. The number of carbonyl (C=O) groups is 2. The first kappa shape index (κ1) is 26.9. The number of methoxy groups -OCH3 is 2. The first-order valence-electron chi connectivity index (χ1n) is 12.4. The van der Waals surface area contributed by atoms with E-state index in [-0.39, 0.29) is 30.2 Å². The topological polar surface area (TPSA) is 118 Å². The summed E-state index contributed by atoms with van der Waals surface area (Å²) in [4.78, 5) is 30.3. The molecule has 0 spiro atoms. The van der Waals surface area contributed by atoms with Crippen LogP contribution in [-0.2, 0) is 9.53 Å². The quantitative estimate of drug-likeness (QED) is 0.258. The van der Waals surface area contributed by atoms with Gasteiger partial charge in [0.05, 0.1) is 30.1 Å². The second-order valence-corrected chi connectivity index (χ2v) is 9.40. The molecule has 0 unspecified atom stereocenters. The van der Waals surface area contributed by atoms with E-state index in [1.165, 1.54) is 14.2 Å². The van der Waals surface area contributed by atoms with Gasteiger partial charge < -0.3 is 34.7 Å². The Hall–Kier alpha value is -4.74. The summed E-state index contributed by atoms with van der Waals surface area (Å²) in [6, 6.07) is 21.1. The van der Waals surface area contributed by atoms with Gasteiger partial charge in [-0.1, -0.05) is 6.07 Å². The van der Waals surface area contributed by atoms with Crippen molar-refractivity contribution in [3.63, 3.8) is 0 Å². The molecule has 3 N–H and O–H groups in total. The van der Waals surface area contributed by atoms with Crippen molar-refractivity contribution >= 4 is 40.6 Å². The third-order valence-corrected chi connectivity index (χ3v) is 6.90. The molecule has 40 heavy (non-hydrogen) atoms. The first-order chi connectivity index (χ1) is 19.4. The predicted octanol–water partition coefficient (Wildman–Crippen LogP) is 4.34. The highest BCUT2D eigenvalue weighted by Crippen LogP contribution is 2.43. The summed E-state index contributed by atoms with van der Waals surface area (Å²) < 4.78 is 12.4. The van der Waals surface area contributed by atoms with E-state index in [9.17, 15) is 14.7 Å². The Kier molecular flexibility index (Phi) is 7.76. The number of benzene rings is 2. The third-order valence-electron chi connectivity index (χ3n) is 6.58. The number of amides is 1. The molecule has 5 rings (SSSR count). The molecule has 4 aromatic rings. The van der Waals surface area contributed by atoms with Crippen molar-refractivity contribution in [3.8, 4) is 11.4 Å². The molecule has 10 nitrogen and oxygen atoms in total. The zero-order chi connectivity index (χ0) is 28.2. The van der Waals surface area contributed by atoms with Gasteiger partial charge in [-0.3, -0.25) is 9.78 Å². The molecule has 2 atom stereocenters. The molecule has 0 bridgehead atoms. The third kappa shape index (κ3) is 5.24. The molecule has 1 amide bonds. The standard InChI is InChI=1S/C29H27N5O5S/c1-38-17-25(35)31-22-16-20(12-13-24(22)39-2)34-27(26(32-29(34)40)21-6-3-4-14-30-21)23-7-5-15-33(23)19-10-8-18(9-11-19)28(36)37/h3-16,26-27H,17H2,1-2H3,(H,31,35)(H,32,40)(H,36,37)/t26-,27+/m1/s1. The summed E-state index contributed by atoms with van der Waals surface area (Å²) in [6.07, 6.45) is 3.66. The van der Waals surface area contributed by atoms with Gasteiger partial charge in [0.25, 0.3) is 0 Å². The number of pyridine rings is 1. The van der Waals surface area contributed by atoms with Crippen molar-refractivity contribution in [2.45, 2.75) is 12.1 Å². The molecule has 0 radical (unpaired) electrons. The lowest BCUT2D eigenvalue weighted by Crippen LogP contribution is -2.30. The molecule has 204 valence electrons. The molecule has 2 aromatic carbocycles. The monoisotopic (exact) mass is 557 g/mol. The van der Waals surface area contributed by atoms with Crippen LogP contribution in [0.3, 0.4) is 0 Å². The smallest absolute Gasteiger partial charge is 0.335 e. The van der Waals surface area contributed by atoms with Gasteiger partial charge in [-0.2, -0.15) is 0 Å². The minimum Gasteiger partial charge on any atom is -0.495 e. The van der Waals surface area contributed by atoms with Crippen LogP contribution in [0.5, 0.6) is 5.75 Å². The zero-order valence-electron chi connectivity index (χ0n) is 21.8. The number of anilines is 2. The van der Waals surface area contributed by atoms with Gasteiger partial charge >= 0.3 is 5.97 Å². The van der Waals surface area contributed by atoms with Crippen LogP contribution in [-0.4, -0.2) is 52.5 Å². The molecule has 2 aromatic heterocycles. The molecular weight excluding hydrogens is 530 g/mol. The second kappa shape index (κ2) is 11.6. The maximum atomic E-state index is 12.3. The minimum atomic E-state index is -0.987. The van der Waals surface area contributed by atoms with Gasteiger partial charge in [0.15, 0.2) is 5.11 Å². The Bertz CT molecular complexity index is 1540. The van der Waals surface area contributed by atoms with Crippen LogP contribution >= 0.6 is 12.2 Å². The Morgan fingerprint density at radius 2 is 1.82 bits per heavy atom. The van der Waals surface area contributed by atoms with Gasteiger partial charge in [0, 0.05) is 36.6 Å². The summed E-state index contributed by atoms with van der Waals surface area (Å²) in [5.74, 6) is -0.813. The average molecular weight is 558 g/mol. The largest absolute Gasteiger partial charge is 0.495 e. The fourth-order valence-corrected chi connectivity index (χ4v) is 5.18. The molecule has 11 heteroatoms. The van der Waals surface area contributed by atoms with Crippen LogP contribution in [0.15, 0.2) is 85.2 Å². The number of aromatic nitrogens is 2. The van der Waals surface area contributed by atoms with E-state index < -0.39 is 5.97 Å². The van der Waals surface area contributed by atoms with E-state index in [0.717, 1.165) is 22.8 Å². The Morgan fingerprint density at radius 3 is 2.50 bits per heavy atom. The molecule has 1 fully saturated rings. The van der Waals surface area contributed by atoms with Crippen molar-refractivity contribution < 1.29 is 24.2 Å². The lowest BCUT2D eigenvalue weighted by atomic mass is 10.0. The number of nitrogens with zero attached hydrogens (tertiary/aromatic N) is 3. The van der Waals surface area contributed by atoms with Crippen molar-refractivity contribution in [1.82, 2.24) is 14.9 Å². The zero-order valence-corrected chi connectivity index (χ0v) is 22.6. The van der Waals surface area contributed by atoms with Crippen LogP contribution in [0.1, 0.15) is 33.8 Å². The Balaban J connectivity index is 1.62. The molecule has 3 heterocycles. The van der Waals surface area contributed by atoms with Crippen LogP contribution < -0.4 is 20.3 Å². The summed E-state index contributed by atoms with van der Waals surface area (Å²) in [6.45, 7) is -0.102. The van der Waals surface area contributed by atoms with E-state index >= 15 is 0 Å². The fraction of sp³-hybridized carbons (Fsp3) is 0.172. The number of carboxylic acids is 1. The van der Waals surface area contributed by atoms with Gasteiger partial charge in [0.1, 0.15) is 18.4 Å². The van der Waals surface area contributed by atoms with Crippen molar-refractivity contribution in [1.29, 1.82) is 0 Å². The number of hydrogen-bond donors (Lipinski definition) is 3. The highest BCUT2D eigenvalue weighted by molar-refractivity contribution is 7.80. The van der Waals surface area contributed by atoms with Crippen LogP contribution in [0, 0.1) is 0 Å². The van der Waals surface area contributed by atoms with E-state index in [2.05, 4.69) is 15.6 Å². The minimum absolute atomic E-state index is 0.102.